The van der Waals surface area contributed by atoms with Crippen LogP contribution in [0.4, 0.5) is 5.95 Å². The Labute approximate surface area is 108 Å². The fraction of sp³-hybridized carbons (Fsp3) is 0.0769. The molecule has 0 saturated heterocycles. The van der Waals surface area contributed by atoms with Crippen LogP contribution < -0.4 is 11.3 Å². The maximum absolute atomic E-state index is 11.7. The van der Waals surface area contributed by atoms with E-state index in [4.69, 9.17) is 5.73 Å². The molecular formula is C13H12N4O2. The van der Waals surface area contributed by atoms with E-state index in [0.29, 0.717) is 11.9 Å². The number of anilines is 1. The summed E-state index contributed by atoms with van der Waals surface area (Å²) in [7, 11) is 0. The van der Waals surface area contributed by atoms with Crippen LogP contribution >= 0.6 is 0 Å². The molecule has 2 heterocycles. The Hall–Kier alpha value is -2.76. The fourth-order valence-electron chi connectivity index (χ4n) is 2.04. The third kappa shape index (κ3) is 1.93. The highest BCUT2D eigenvalue weighted by molar-refractivity contribution is 5.83. The lowest BCUT2D eigenvalue weighted by atomic mass is 10.2. The van der Waals surface area contributed by atoms with Gasteiger partial charge in [0.25, 0.3) is 5.56 Å². The average molecular weight is 256 g/mol. The van der Waals surface area contributed by atoms with Crippen LogP contribution in [0.3, 0.4) is 0 Å². The third-order valence-electron chi connectivity index (χ3n) is 2.94. The van der Waals surface area contributed by atoms with Crippen molar-refractivity contribution in [2.24, 2.45) is 0 Å². The summed E-state index contributed by atoms with van der Waals surface area (Å²) in [5, 5.41) is 10.4. The second kappa shape index (κ2) is 4.16. The van der Waals surface area contributed by atoms with E-state index in [0.717, 1.165) is 5.56 Å². The first kappa shape index (κ1) is 11.3. The van der Waals surface area contributed by atoms with Gasteiger partial charge in [-0.1, -0.05) is 30.3 Å². The van der Waals surface area contributed by atoms with Crippen molar-refractivity contribution >= 4 is 16.9 Å². The van der Waals surface area contributed by atoms with Gasteiger partial charge in [0, 0.05) is 6.20 Å². The number of benzene rings is 1. The molecule has 3 aromatic rings. The van der Waals surface area contributed by atoms with Gasteiger partial charge in [0.2, 0.25) is 11.8 Å². The Balaban J connectivity index is 2.13. The zero-order chi connectivity index (χ0) is 13.4. The first-order chi connectivity index (χ1) is 9.15. The molecule has 0 saturated carbocycles. The van der Waals surface area contributed by atoms with Crippen LogP contribution in [0.5, 0.6) is 5.88 Å². The second-order valence-electron chi connectivity index (χ2n) is 4.28. The standard InChI is InChI=1S/C13H12N4O2/c14-13-15-10-9(11(18)16-13)7-17(12(10)19)6-8-4-2-1-3-5-8/h1-5,7,19H,6H2,(H3,14,15,16,18). The van der Waals surface area contributed by atoms with Gasteiger partial charge in [0.15, 0.2) is 0 Å². The van der Waals surface area contributed by atoms with Gasteiger partial charge in [-0.25, -0.2) is 4.98 Å². The van der Waals surface area contributed by atoms with E-state index in [2.05, 4.69) is 9.97 Å². The SMILES string of the molecule is Nc1nc2c(O)n(Cc3ccccc3)cc2c(=O)[nH]1. The normalized spacial score (nSPS) is 10.9. The summed E-state index contributed by atoms with van der Waals surface area (Å²) in [4.78, 5) is 18.1. The average Bonchev–Trinajstić information content (AvgIpc) is 2.69. The number of rotatable bonds is 2. The Morgan fingerprint density at radius 3 is 2.79 bits per heavy atom. The summed E-state index contributed by atoms with van der Waals surface area (Å²) in [6, 6.07) is 9.63. The molecule has 3 rings (SSSR count). The van der Waals surface area contributed by atoms with Gasteiger partial charge in [0.1, 0.15) is 5.52 Å². The van der Waals surface area contributed by atoms with Crippen molar-refractivity contribution in [3.63, 3.8) is 0 Å². The summed E-state index contributed by atoms with van der Waals surface area (Å²) in [5.74, 6) is -0.0677. The summed E-state index contributed by atoms with van der Waals surface area (Å²) in [5.41, 5.74) is 6.35. The molecule has 0 radical (unpaired) electrons. The van der Waals surface area contributed by atoms with Crippen LogP contribution in [-0.4, -0.2) is 19.6 Å². The highest BCUT2D eigenvalue weighted by Crippen LogP contribution is 2.23. The number of aromatic hydroxyl groups is 1. The van der Waals surface area contributed by atoms with Crippen molar-refractivity contribution in [3.8, 4) is 5.88 Å². The lowest BCUT2D eigenvalue weighted by Crippen LogP contribution is -2.09. The molecule has 0 amide bonds. The minimum atomic E-state index is -0.357. The number of hydrogen-bond donors (Lipinski definition) is 3. The van der Waals surface area contributed by atoms with Gasteiger partial charge in [-0.2, -0.15) is 0 Å². The van der Waals surface area contributed by atoms with Crippen molar-refractivity contribution in [1.29, 1.82) is 0 Å². The Bertz CT molecular complexity index is 790. The monoisotopic (exact) mass is 256 g/mol. The molecule has 0 spiro atoms. The molecule has 19 heavy (non-hydrogen) atoms. The van der Waals surface area contributed by atoms with Gasteiger partial charge >= 0.3 is 0 Å². The maximum Gasteiger partial charge on any atom is 0.261 e. The van der Waals surface area contributed by atoms with E-state index in [1.54, 1.807) is 10.8 Å². The van der Waals surface area contributed by atoms with Crippen molar-refractivity contribution < 1.29 is 5.11 Å². The fourth-order valence-corrected chi connectivity index (χ4v) is 2.04. The molecular weight excluding hydrogens is 244 g/mol. The van der Waals surface area contributed by atoms with Crippen molar-refractivity contribution in [2.45, 2.75) is 6.54 Å². The zero-order valence-corrected chi connectivity index (χ0v) is 10.00. The van der Waals surface area contributed by atoms with Crippen molar-refractivity contribution in [2.75, 3.05) is 5.73 Å². The highest BCUT2D eigenvalue weighted by Gasteiger charge is 2.13. The van der Waals surface area contributed by atoms with Gasteiger partial charge in [0.05, 0.1) is 11.9 Å². The van der Waals surface area contributed by atoms with Gasteiger partial charge in [-0.05, 0) is 5.56 Å². The summed E-state index contributed by atoms with van der Waals surface area (Å²) in [6.07, 6.45) is 1.57. The maximum atomic E-state index is 11.7. The van der Waals surface area contributed by atoms with Gasteiger partial charge < -0.3 is 15.4 Å². The molecule has 0 fully saturated rings. The molecule has 2 aromatic heterocycles. The molecule has 6 heteroatoms. The van der Waals surface area contributed by atoms with Gasteiger partial charge in [-0.15, -0.1) is 0 Å². The molecule has 0 aliphatic rings. The first-order valence-corrected chi connectivity index (χ1v) is 5.76. The molecule has 0 bridgehead atoms. The van der Waals surface area contributed by atoms with Crippen LogP contribution in [0.25, 0.3) is 10.9 Å². The molecule has 0 atom stereocenters. The van der Waals surface area contributed by atoms with Crippen LogP contribution in [0, 0.1) is 0 Å². The van der Waals surface area contributed by atoms with E-state index in [-0.39, 0.29) is 22.9 Å². The summed E-state index contributed by atoms with van der Waals surface area (Å²) < 4.78 is 1.57. The topological polar surface area (TPSA) is 96.9 Å². The predicted molar refractivity (Wildman–Crippen MR) is 72.0 cm³/mol. The Morgan fingerprint density at radius 1 is 1.32 bits per heavy atom. The molecule has 96 valence electrons. The number of nitrogens with two attached hydrogens (primary N) is 1. The Kier molecular flexibility index (Phi) is 2.49. The van der Waals surface area contributed by atoms with E-state index in [9.17, 15) is 9.90 Å². The smallest absolute Gasteiger partial charge is 0.261 e. The number of hydrogen-bond acceptors (Lipinski definition) is 4. The van der Waals surface area contributed by atoms with Crippen LogP contribution in [-0.2, 0) is 6.54 Å². The van der Waals surface area contributed by atoms with Crippen molar-refractivity contribution in [3.05, 3.63) is 52.4 Å². The lowest BCUT2D eigenvalue weighted by molar-refractivity contribution is 0.429. The second-order valence-corrected chi connectivity index (χ2v) is 4.28. The Morgan fingerprint density at radius 2 is 2.05 bits per heavy atom. The summed E-state index contributed by atoms with van der Waals surface area (Å²) in [6.45, 7) is 0.461. The minimum absolute atomic E-state index is 0.00902. The van der Waals surface area contributed by atoms with E-state index in [1.165, 1.54) is 0 Å². The number of H-pyrrole nitrogens is 1. The quantitative estimate of drug-likeness (QED) is 0.638. The molecule has 0 aliphatic heterocycles. The van der Waals surface area contributed by atoms with Gasteiger partial charge in [-0.3, -0.25) is 9.78 Å². The predicted octanol–water partition coefficient (Wildman–Crippen LogP) is 1.06. The molecule has 0 aliphatic carbocycles. The lowest BCUT2D eigenvalue weighted by Gasteiger charge is -2.04. The number of nitrogens with one attached hydrogen (secondary N) is 1. The van der Waals surface area contributed by atoms with Crippen LogP contribution in [0.2, 0.25) is 0 Å². The van der Waals surface area contributed by atoms with E-state index >= 15 is 0 Å². The molecule has 4 N–H and O–H groups in total. The molecule has 0 unspecified atom stereocenters. The highest BCUT2D eigenvalue weighted by atomic mass is 16.3. The number of fused-ring (bicyclic) bond motifs is 1. The van der Waals surface area contributed by atoms with E-state index in [1.807, 2.05) is 30.3 Å². The third-order valence-corrected chi connectivity index (χ3v) is 2.94. The number of aromatic nitrogens is 3. The van der Waals surface area contributed by atoms with Crippen LogP contribution in [0.1, 0.15) is 5.56 Å². The zero-order valence-electron chi connectivity index (χ0n) is 10.00. The van der Waals surface area contributed by atoms with Crippen LogP contribution in [0.15, 0.2) is 41.3 Å². The molecule has 6 nitrogen and oxygen atoms in total. The minimum Gasteiger partial charge on any atom is -0.493 e. The molecule has 1 aromatic carbocycles. The first-order valence-electron chi connectivity index (χ1n) is 5.76. The number of nitrogens with zero attached hydrogens (tertiary/aromatic N) is 2. The van der Waals surface area contributed by atoms with E-state index < -0.39 is 0 Å². The number of aromatic amines is 1. The summed E-state index contributed by atoms with van der Waals surface area (Å²) >= 11 is 0. The number of nitrogen functional groups attached to an aromatic ring is 1. The van der Waals surface area contributed by atoms with Crippen molar-refractivity contribution in [1.82, 2.24) is 14.5 Å². The largest absolute Gasteiger partial charge is 0.493 e.